The third-order valence-electron chi connectivity index (χ3n) is 1.60. The summed E-state index contributed by atoms with van der Waals surface area (Å²) in [5, 5.41) is 10.6. The van der Waals surface area contributed by atoms with Gasteiger partial charge in [0.15, 0.2) is 0 Å². The number of ketones is 1. The number of rotatable bonds is 4. The van der Waals surface area contributed by atoms with Crippen LogP contribution in [0.1, 0.15) is 6.42 Å². The van der Waals surface area contributed by atoms with Crippen molar-refractivity contribution in [2.75, 3.05) is 5.32 Å². The smallest absolute Gasteiger partial charge is 0.311 e. The minimum Gasteiger partial charge on any atom is -0.481 e. The third kappa shape index (κ3) is 3.60. The van der Waals surface area contributed by atoms with Crippen LogP contribution in [0.25, 0.3) is 0 Å². The van der Waals surface area contributed by atoms with Gasteiger partial charge >= 0.3 is 5.97 Å². The van der Waals surface area contributed by atoms with Crippen LogP contribution in [0.3, 0.4) is 0 Å². The lowest BCUT2D eigenvalue weighted by atomic mass is 10.2. The fourth-order valence-corrected chi connectivity index (χ4v) is 0.940. The molecule has 0 bridgehead atoms. The Hall–Kier alpha value is -2.17. The second-order valence-corrected chi connectivity index (χ2v) is 2.81. The van der Waals surface area contributed by atoms with Gasteiger partial charge in [0.1, 0.15) is 6.42 Å². The molecule has 15 heavy (non-hydrogen) atoms. The molecular weight excluding hydrogens is 198 g/mol. The second kappa shape index (κ2) is 4.90. The molecule has 0 aromatic heterocycles. The van der Waals surface area contributed by atoms with Crippen molar-refractivity contribution < 1.29 is 19.5 Å². The molecule has 0 atom stereocenters. The van der Waals surface area contributed by atoms with Gasteiger partial charge in [-0.2, -0.15) is 0 Å². The fraction of sp³-hybridized carbons (Fsp3) is 0.100. The number of carboxylic acid groups (broad SMARTS) is 1. The summed E-state index contributed by atoms with van der Waals surface area (Å²) in [7, 11) is 0. The monoisotopic (exact) mass is 207 g/mol. The van der Waals surface area contributed by atoms with E-state index >= 15 is 0 Å². The Bertz CT molecular complexity index is 386. The predicted molar refractivity (Wildman–Crippen MR) is 52.3 cm³/mol. The lowest BCUT2D eigenvalue weighted by Crippen LogP contribution is -2.24. The lowest BCUT2D eigenvalue weighted by molar-refractivity contribution is -0.144. The van der Waals surface area contributed by atoms with Crippen LogP contribution in [0.5, 0.6) is 0 Å². The molecule has 0 aliphatic carbocycles. The van der Waals surface area contributed by atoms with E-state index in [1.54, 1.807) is 30.3 Å². The lowest BCUT2D eigenvalue weighted by Gasteiger charge is -2.01. The van der Waals surface area contributed by atoms with Crippen LogP contribution in [0.2, 0.25) is 0 Å². The Kier molecular flexibility index (Phi) is 3.56. The topological polar surface area (TPSA) is 83.5 Å². The molecule has 5 nitrogen and oxygen atoms in total. The van der Waals surface area contributed by atoms with E-state index in [0.29, 0.717) is 5.69 Å². The number of nitrogens with one attached hydrogen (secondary N) is 1. The third-order valence-corrected chi connectivity index (χ3v) is 1.60. The van der Waals surface area contributed by atoms with E-state index in [2.05, 4.69) is 5.32 Å². The SMILES string of the molecule is O=C(O)CC(=O)C(=O)Nc1ccccc1. The highest BCUT2D eigenvalue weighted by atomic mass is 16.4. The van der Waals surface area contributed by atoms with Crippen LogP contribution in [0.4, 0.5) is 5.69 Å². The highest BCUT2D eigenvalue weighted by Gasteiger charge is 2.16. The van der Waals surface area contributed by atoms with Gasteiger partial charge in [-0.05, 0) is 12.1 Å². The second-order valence-electron chi connectivity index (χ2n) is 2.81. The number of carboxylic acids is 1. The van der Waals surface area contributed by atoms with Gasteiger partial charge in [0.2, 0.25) is 5.78 Å². The number of carbonyl (C=O) groups is 3. The summed E-state index contributed by atoms with van der Waals surface area (Å²) in [6.07, 6.45) is -0.793. The molecule has 1 amide bonds. The summed E-state index contributed by atoms with van der Waals surface area (Å²) in [6.45, 7) is 0. The Labute approximate surface area is 85.7 Å². The summed E-state index contributed by atoms with van der Waals surface area (Å²) < 4.78 is 0. The maximum Gasteiger partial charge on any atom is 0.311 e. The van der Waals surface area contributed by atoms with Crippen molar-refractivity contribution in [2.45, 2.75) is 6.42 Å². The quantitative estimate of drug-likeness (QED) is 0.561. The Morgan fingerprint density at radius 1 is 1.13 bits per heavy atom. The summed E-state index contributed by atoms with van der Waals surface area (Å²) in [5.74, 6) is -3.20. The van der Waals surface area contributed by atoms with E-state index in [1.807, 2.05) is 0 Å². The van der Waals surface area contributed by atoms with Crippen LogP contribution in [0.15, 0.2) is 30.3 Å². The van der Waals surface area contributed by atoms with E-state index in [9.17, 15) is 14.4 Å². The van der Waals surface area contributed by atoms with Crippen molar-refractivity contribution in [3.63, 3.8) is 0 Å². The number of para-hydroxylation sites is 1. The first kappa shape index (κ1) is 10.9. The van der Waals surface area contributed by atoms with Gasteiger partial charge in [0.05, 0.1) is 0 Å². The number of hydrogen-bond donors (Lipinski definition) is 2. The van der Waals surface area contributed by atoms with Gasteiger partial charge in [0, 0.05) is 5.69 Å². The number of Topliss-reactive ketones (excluding diaryl/α,β-unsaturated/α-hetero) is 1. The Morgan fingerprint density at radius 3 is 2.27 bits per heavy atom. The summed E-state index contributed by atoms with van der Waals surface area (Å²) >= 11 is 0. The normalized spacial score (nSPS) is 9.33. The van der Waals surface area contributed by atoms with Gasteiger partial charge in [-0.1, -0.05) is 18.2 Å². The van der Waals surface area contributed by atoms with Crippen molar-refractivity contribution >= 4 is 23.3 Å². The number of hydrogen-bond acceptors (Lipinski definition) is 3. The number of anilines is 1. The minimum absolute atomic E-state index is 0.459. The molecule has 0 saturated heterocycles. The average molecular weight is 207 g/mol. The zero-order chi connectivity index (χ0) is 11.3. The maximum atomic E-state index is 11.1. The largest absolute Gasteiger partial charge is 0.481 e. The molecular formula is C10H9NO4. The van der Waals surface area contributed by atoms with E-state index in [-0.39, 0.29) is 0 Å². The van der Waals surface area contributed by atoms with E-state index in [0.717, 1.165) is 0 Å². The summed E-state index contributed by atoms with van der Waals surface area (Å²) in [6, 6.07) is 8.35. The molecule has 0 heterocycles. The average Bonchev–Trinajstić information content (AvgIpc) is 2.18. The molecule has 0 spiro atoms. The van der Waals surface area contributed by atoms with Crippen LogP contribution >= 0.6 is 0 Å². The highest BCUT2D eigenvalue weighted by molar-refractivity contribution is 6.42. The van der Waals surface area contributed by atoms with Gasteiger partial charge in [0.25, 0.3) is 5.91 Å². The first-order valence-corrected chi connectivity index (χ1v) is 4.20. The molecule has 1 rings (SSSR count). The number of aliphatic carboxylic acids is 1. The first-order chi connectivity index (χ1) is 7.09. The summed E-state index contributed by atoms with van der Waals surface area (Å²) in [4.78, 5) is 32.3. The molecule has 0 radical (unpaired) electrons. The van der Waals surface area contributed by atoms with Crippen molar-refractivity contribution in [3.8, 4) is 0 Å². The van der Waals surface area contributed by atoms with Crippen molar-refractivity contribution in [1.29, 1.82) is 0 Å². The van der Waals surface area contributed by atoms with Gasteiger partial charge in [-0.15, -0.1) is 0 Å². The van der Waals surface area contributed by atoms with Crippen molar-refractivity contribution in [2.24, 2.45) is 0 Å². The van der Waals surface area contributed by atoms with Crippen LogP contribution in [0, 0.1) is 0 Å². The molecule has 0 unspecified atom stereocenters. The zero-order valence-corrected chi connectivity index (χ0v) is 7.77. The van der Waals surface area contributed by atoms with E-state index < -0.39 is 24.1 Å². The maximum absolute atomic E-state index is 11.1. The standard InChI is InChI=1S/C10H9NO4/c12-8(6-9(13)14)10(15)11-7-4-2-1-3-5-7/h1-5H,6H2,(H,11,15)(H,13,14). The highest BCUT2D eigenvalue weighted by Crippen LogP contribution is 2.04. The molecule has 0 aliphatic heterocycles. The molecule has 1 aromatic carbocycles. The molecule has 78 valence electrons. The van der Waals surface area contributed by atoms with Gasteiger partial charge in [-0.3, -0.25) is 14.4 Å². The van der Waals surface area contributed by atoms with E-state index in [1.165, 1.54) is 0 Å². The van der Waals surface area contributed by atoms with Crippen LogP contribution in [-0.2, 0) is 14.4 Å². The predicted octanol–water partition coefficient (Wildman–Crippen LogP) is 0.669. The number of carbonyl (C=O) groups excluding carboxylic acids is 2. The number of benzene rings is 1. The Balaban J connectivity index is 2.56. The zero-order valence-electron chi connectivity index (χ0n) is 7.77. The molecule has 5 heteroatoms. The molecule has 0 aliphatic rings. The Morgan fingerprint density at radius 2 is 1.73 bits per heavy atom. The van der Waals surface area contributed by atoms with Gasteiger partial charge in [-0.25, -0.2) is 0 Å². The van der Waals surface area contributed by atoms with Gasteiger partial charge < -0.3 is 10.4 Å². The molecule has 0 fully saturated rings. The van der Waals surface area contributed by atoms with Crippen LogP contribution < -0.4 is 5.32 Å². The fourth-order valence-electron chi connectivity index (χ4n) is 0.940. The minimum atomic E-state index is -1.32. The molecule has 1 aromatic rings. The van der Waals surface area contributed by atoms with E-state index in [4.69, 9.17) is 5.11 Å². The first-order valence-electron chi connectivity index (χ1n) is 4.20. The summed E-state index contributed by atoms with van der Waals surface area (Å²) in [5.41, 5.74) is 0.459. The van der Waals surface area contributed by atoms with Crippen molar-refractivity contribution in [3.05, 3.63) is 30.3 Å². The molecule has 0 saturated carbocycles. The van der Waals surface area contributed by atoms with Crippen molar-refractivity contribution in [1.82, 2.24) is 0 Å². The number of amides is 1. The van der Waals surface area contributed by atoms with Crippen LogP contribution in [-0.4, -0.2) is 22.8 Å². The molecule has 2 N–H and O–H groups in total.